The fourth-order valence-corrected chi connectivity index (χ4v) is 0.976. The summed E-state index contributed by atoms with van der Waals surface area (Å²) in [6, 6.07) is 1.62. The van der Waals surface area contributed by atoms with Crippen LogP contribution in [0.5, 0.6) is 0 Å². The van der Waals surface area contributed by atoms with Crippen molar-refractivity contribution in [2.24, 2.45) is 5.73 Å². The number of carbonyl (C=O) groups is 1. The van der Waals surface area contributed by atoms with Crippen LogP contribution in [0.25, 0.3) is 0 Å². The van der Waals surface area contributed by atoms with Gasteiger partial charge < -0.3 is 10.3 Å². The lowest BCUT2D eigenvalue weighted by Crippen LogP contribution is -2.09. The maximum atomic E-state index is 10.5. The van der Waals surface area contributed by atoms with E-state index in [1.807, 2.05) is 0 Å². The molecule has 4 nitrogen and oxygen atoms in total. The molecule has 0 aromatic carbocycles. The van der Waals surface area contributed by atoms with Crippen molar-refractivity contribution in [3.63, 3.8) is 0 Å². The van der Waals surface area contributed by atoms with E-state index in [0.717, 1.165) is 18.5 Å². The van der Waals surface area contributed by atoms with Gasteiger partial charge in [-0.3, -0.25) is 4.79 Å². The third-order valence-corrected chi connectivity index (χ3v) is 1.77. The Morgan fingerprint density at radius 1 is 1.73 bits per heavy atom. The van der Waals surface area contributed by atoms with Crippen molar-refractivity contribution < 1.29 is 9.32 Å². The topological polar surface area (TPSA) is 69.1 Å². The van der Waals surface area contributed by atoms with Crippen molar-refractivity contribution >= 4 is 5.91 Å². The highest BCUT2D eigenvalue weighted by atomic mass is 16.5. The SMILES string of the molecule is NC(=O)c1cc(C2CC2)no1. The van der Waals surface area contributed by atoms with Crippen molar-refractivity contribution in [3.8, 4) is 0 Å². The number of amides is 1. The standard InChI is InChI=1S/C7H8N2O2/c8-7(10)6-3-5(9-11-6)4-1-2-4/h3-4H,1-2H2,(H2,8,10). The Labute approximate surface area is 63.4 Å². The molecule has 58 valence electrons. The Bertz CT molecular complexity index is 288. The summed E-state index contributed by atoms with van der Waals surface area (Å²) < 4.78 is 4.70. The van der Waals surface area contributed by atoms with E-state index in [2.05, 4.69) is 5.16 Å². The molecule has 1 amide bonds. The first-order valence-corrected chi connectivity index (χ1v) is 3.54. The van der Waals surface area contributed by atoms with Crippen LogP contribution in [0.4, 0.5) is 0 Å². The molecular weight excluding hydrogens is 144 g/mol. The van der Waals surface area contributed by atoms with Crippen LogP contribution in [0.3, 0.4) is 0 Å². The quantitative estimate of drug-likeness (QED) is 0.676. The van der Waals surface area contributed by atoms with Gasteiger partial charge in [0.15, 0.2) is 0 Å². The lowest BCUT2D eigenvalue weighted by Gasteiger charge is -1.80. The average molecular weight is 152 g/mol. The van der Waals surface area contributed by atoms with E-state index < -0.39 is 5.91 Å². The summed E-state index contributed by atoms with van der Waals surface area (Å²) >= 11 is 0. The second-order valence-corrected chi connectivity index (χ2v) is 2.75. The van der Waals surface area contributed by atoms with Gasteiger partial charge in [-0.25, -0.2) is 0 Å². The summed E-state index contributed by atoms with van der Waals surface area (Å²) in [5.41, 5.74) is 5.83. The molecule has 1 aliphatic carbocycles. The van der Waals surface area contributed by atoms with Crippen LogP contribution in [0.2, 0.25) is 0 Å². The highest BCUT2D eigenvalue weighted by Gasteiger charge is 2.27. The van der Waals surface area contributed by atoms with Crippen molar-refractivity contribution in [1.82, 2.24) is 5.16 Å². The summed E-state index contributed by atoms with van der Waals surface area (Å²) in [5.74, 6) is 0.114. The molecule has 0 radical (unpaired) electrons. The Hall–Kier alpha value is -1.32. The first-order valence-electron chi connectivity index (χ1n) is 3.54. The minimum atomic E-state index is -0.551. The Kier molecular flexibility index (Phi) is 1.21. The smallest absolute Gasteiger partial charge is 0.287 e. The van der Waals surface area contributed by atoms with Gasteiger partial charge in [-0.2, -0.15) is 0 Å². The molecule has 1 heterocycles. The van der Waals surface area contributed by atoms with Crippen molar-refractivity contribution in [3.05, 3.63) is 17.5 Å². The van der Waals surface area contributed by atoms with Crippen LogP contribution in [-0.4, -0.2) is 11.1 Å². The van der Waals surface area contributed by atoms with Gasteiger partial charge >= 0.3 is 0 Å². The van der Waals surface area contributed by atoms with Gasteiger partial charge in [0.1, 0.15) is 0 Å². The van der Waals surface area contributed by atoms with Crippen LogP contribution >= 0.6 is 0 Å². The number of rotatable bonds is 2. The number of nitrogens with zero attached hydrogens (tertiary/aromatic N) is 1. The van der Waals surface area contributed by atoms with E-state index >= 15 is 0 Å². The monoisotopic (exact) mass is 152 g/mol. The van der Waals surface area contributed by atoms with E-state index in [-0.39, 0.29) is 5.76 Å². The summed E-state index contributed by atoms with van der Waals surface area (Å²) in [4.78, 5) is 10.5. The summed E-state index contributed by atoms with van der Waals surface area (Å²) in [6.07, 6.45) is 2.29. The lowest BCUT2D eigenvalue weighted by atomic mass is 10.3. The Morgan fingerprint density at radius 2 is 2.45 bits per heavy atom. The van der Waals surface area contributed by atoms with Crippen LogP contribution < -0.4 is 5.73 Å². The average Bonchev–Trinajstić information content (AvgIpc) is 2.68. The summed E-state index contributed by atoms with van der Waals surface area (Å²) in [7, 11) is 0. The fourth-order valence-electron chi connectivity index (χ4n) is 0.976. The first kappa shape index (κ1) is 6.39. The third kappa shape index (κ3) is 1.11. The minimum Gasteiger partial charge on any atom is -0.363 e. The summed E-state index contributed by atoms with van der Waals surface area (Å²) in [6.45, 7) is 0. The van der Waals surface area contributed by atoms with Crippen molar-refractivity contribution in [2.75, 3.05) is 0 Å². The van der Waals surface area contributed by atoms with Gasteiger partial charge in [0, 0.05) is 12.0 Å². The number of carbonyl (C=O) groups excluding carboxylic acids is 1. The van der Waals surface area contributed by atoms with E-state index in [0.29, 0.717) is 5.92 Å². The molecule has 2 rings (SSSR count). The van der Waals surface area contributed by atoms with Gasteiger partial charge in [0.25, 0.3) is 5.91 Å². The van der Waals surface area contributed by atoms with Gasteiger partial charge in [-0.1, -0.05) is 5.16 Å². The number of nitrogens with two attached hydrogens (primary N) is 1. The molecule has 1 saturated carbocycles. The Morgan fingerprint density at radius 3 is 2.91 bits per heavy atom. The zero-order valence-electron chi connectivity index (χ0n) is 5.91. The Balaban J connectivity index is 2.25. The number of hydrogen-bond acceptors (Lipinski definition) is 3. The minimum absolute atomic E-state index is 0.159. The first-order chi connectivity index (χ1) is 5.27. The predicted molar refractivity (Wildman–Crippen MR) is 37.0 cm³/mol. The van der Waals surface area contributed by atoms with Crippen molar-refractivity contribution in [2.45, 2.75) is 18.8 Å². The predicted octanol–water partition coefficient (Wildman–Crippen LogP) is 0.651. The highest BCUT2D eigenvalue weighted by molar-refractivity contribution is 5.89. The van der Waals surface area contributed by atoms with Crippen LogP contribution in [0, 0.1) is 0 Å². The summed E-state index contributed by atoms with van der Waals surface area (Å²) in [5, 5.41) is 3.72. The number of aromatic nitrogens is 1. The van der Waals surface area contributed by atoms with Crippen LogP contribution in [0.15, 0.2) is 10.6 Å². The molecule has 2 N–H and O–H groups in total. The normalized spacial score (nSPS) is 16.7. The molecule has 11 heavy (non-hydrogen) atoms. The second kappa shape index (κ2) is 2.08. The molecule has 0 saturated heterocycles. The zero-order chi connectivity index (χ0) is 7.84. The van der Waals surface area contributed by atoms with Gasteiger partial charge in [0.05, 0.1) is 5.69 Å². The molecule has 0 atom stereocenters. The zero-order valence-corrected chi connectivity index (χ0v) is 5.91. The molecule has 1 aromatic heterocycles. The maximum absolute atomic E-state index is 10.5. The van der Waals surface area contributed by atoms with E-state index in [9.17, 15) is 4.79 Å². The second-order valence-electron chi connectivity index (χ2n) is 2.75. The molecule has 1 aliphatic rings. The molecule has 4 heteroatoms. The lowest BCUT2D eigenvalue weighted by molar-refractivity contribution is 0.0965. The van der Waals surface area contributed by atoms with Gasteiger partial charge in [-0.05, 0) is 12.8 Å². The van der Waals surface area contributed by atoms with Crippen molar-refractivity contribution in [1.29, 1.82) is 0 Å². The molecule has 1 aromatic rings. The molecule has 0 bridgehead atoms. The molecule has 1 fully saturated rings. The van der Waals surface area contributed by atoms with E-state index in [4.69, 9.17) is 10.3 Å². The van der Waals surface area contributed by atoms with Crippen LogP contribution in [0.1, 0.15) is 35.0 Å². The molecule has 0 unspecified atom stereocenters. The molecule has 0 spiro atoms. The largest absolute Gasteiger partial charge is 0.363 e. The maximum Gasteiger partial charge on any atom is 0.287 e. The van der Waals surface area contributed by atoms with E-state index in [1.165, 1.54) is 0 Å². The van der Waals surface area contributed by atoms with Gasteiger partial charge in [0.2, 0.25) is 5.76 Å². The van der Waals surface area contributed by atoms with E-state index in [1.54, 1.807) is 6.07 Å². The molecular formula is C7H8N2O2. The number of primary amides is 1. The third-order valence-electron chi connectivity index (χ3n) is 1.77. The number of hydrogen-bond donors (Lipinski definition) is 1. The van der Waals surface area contributed by atoms with Gasteiger partial charge in [-0.15, -0.1) is 0 Å². The molecule has 0 aliphatic heterocycles. The van der Waals surface area contributed by atoms with Crippen LogP contribution in [-0.2, 0) is 0 Å². The highest BCUT2D eigenvalue weighted by Crippen LogP contribution is 2.39. The fraction of sp³-hybridized carbons (Fsp3) is 0.429.